The molecule has 1 aromatic carbocycles. The molecule has 0 fully saturated rings. The second kappa shape index (κ2) is 13.6. The van der Waals surface area contributed by atoms with E-state index in [1.165, 1.54) is 12.1 Å². The highest BCUT2D eigenvalue weighted by molar-refractivity contribution is 5.81. The van der Waals surface area contributed by atoms with Crippen LogP contribution in [0, 0.1) is 22.7 Å². The van der Waals surface area contributed by atoms with Crippen molar-refractivity contribution in [3.63, 3.8) is 0 Å². The van der Waals surface area contributed by atoms with Crippen LogP contribution in [-0.4, -0.2) is 48.4 Å². The summed E-state index contributed by atoms with van der Waals surface area (Å²) in [6, 6.07) is 3.03. The Morgan fingerprint density at radius 3 is 1.84 bits per heavy atom. The lowest BCUT2D eigenvalue weighted by Crippen LogP contribution is -2.40. The van der Waals surface area contributed by atoms with Gasteiger partial charge in [-0.25, -0.2) is 4.79 Å². The molecule has 0 heterocycles. The van der Waals surface area contributed by atoms with E-state index in [1.807, 2.05) is 13.8 Å². The highest BCUT2D eigenvalue weighted by Gasteiger charge is 2.34. The van der Waals surface area contributed by atoms with E-state index >= 15 is 0 Å². The number of carbonyl (C=O) groups is 4. The van der Waals surface area contributed by atoms with Gasteiger partial charge in [0.1, 0.15) is 6.04 Å². The molecule has 0 aliphatic rings. The third kappa shape index (κ3) is 9.96. The van der Waals surface area contributed by atoms with Gasteiger partial charge < -0.3 is 29.8 Å². The maximum atomic E-state index is 12.7. The Morgan fingerprint density at radius 1 is 0.868 bits per heavy atom. The van der Waals surface area contributed by atoms with Gasteiger partial charge in [-0.15, -0.1) is 0 Å². The lowest BCUT2D eigenvalue weighted by Gasteiger charge is -2.28. The van der Waals surface area contributed by atoms with E-state index in [9.17, 15) is 24.3 Å². The predicted octanol–water partition coefficient (Wildman–Crippen LogP) is 4.92. The maximum Gasteiger partial charge on any atom is 0.508 e. The van der Waals surface area contributed by atoms with Crippen LogP contribution in [0.2, 0.25) is 0 Å². The molecule has 0 radical (unpaired) electrons. The van der Waals surface area contributed by atoms with Crippen LogP contribution in [0.25, 0.3) is 0 Å². The zero-order chi connectivity index (χ0) is 29.4. The molecule has 0 saturated heterocycles. The van der Waals surface area contributed by atoms with Crippen molar-refractivity contribution in [3.8, 4) is 11.5 Å². The number of aliphatic carboxylic acids is 1. The minimum atomic E-state index is -1.38. The number of hydrogen-bond donors (Lipinski definition) is 2. The van der Waals surface area contributed by atoms with Crippen molar-refractivity contribution in [3.05, 3.63) is 23.8 Å². The third-order valence-corrected chi connectivity index (χ3v) is 5.91. The summed E-state index contributed by atoms with van der Waals surface area (Å²) in [5.74, 6) is -3.68. The fourth-order valence-corrected chi connectivity index (χ4v) is 3.12. The number of hydrogen-bond acceptors (Lipinski definition) is 9. The average molecular weight is 538 g/mol. The first-order valence-corrected chi connectivity index (χ1v) is 12.7. The van der Waals surface area contributed by atoms with Crippen molar-refractivity contribution in [2.24, 2.45) is 28.4 Å². The smallest absolute Gasteiger partial charge is 0.480 e. The lowest BCUT2D eigenvalue weighted by atomic mass is 9.82. The molecule has 214 valence electrons. The van der Waals surface area contributed by atoms with E-state index in [-0.39, 0.29) is 30.6 Å². The molecule has 10 nitrogen and oxygen atoms in total. The molecule has 1 rings (SSSR count). The number of nitrogens with two attached hydrogens (primary N) is 1. The molecular formula is C28H43NO9. The molecular weight excluding hydrogens is 494 g/mol. The number of esters is 2. The van der Waals surface area contributed by atoms with Gasteiger partial charge in [-0.1, -0.05) is 33.3 Å². The van der Waals surface area contributed by atoms with E-state index < -0.39 is 52.8 Å². The Bertz CT molecular complexity index is 991. The quantitative estimate of drug-likeness (QED) is 0.294. The Balaban J connectivity index is 3.36. The van der Waals surface area contributed by atoms with E-state index in [0.29, 0.717) is 5.56 Å². The summed E-state index contributed by atoms with van der Waals surface area (Å²) < 4.78 is 21.4. The van der Waals surface area contributed by atoms with Crippen LogP contribution in [0.5, 0.6) is 11.5 Å². The van der Waals surface area contributed by atoms with Gasteiger partial charge in [0.05, 0.1) is 24.0 Å². The van der Waals surface area contributed by atoms with Crippen molar-refractivity contribution in [1.29, 1.82) is 0 Å². The molecule has 4 atom stereocenters. The molecule has 0 aromatic heterocycles. The number of rotatable bonds is 11. The summed E-state index contributed by atoms with van der Waals surface area (Å²) in [6.07, 6.45) is -0.0217. The molecule has 1 aromatic rings. The molecule has 0 aliphatic heterocycles. The Labute approximate surface area is 225 Å². The molecule has 10 heteroatoms. The topological polar surface area (TPSA) is 151 Å². The van der Waals surface area contributed by atoms with Crippen molar-refractivity contribution >= 4 is 24.1 Å². The second-order valence-electron chi connectivity index (χ2n) is 11.7. The van der Waals surface area contributed by atoms with Crippen LogP contribution < -0.4 is 15.2 Å². The molecule has 38 heavy (non-hydrogen) atoms. The van der Waals surface area contributed by atoms with Crippen molar-refractivity contribution < 1.29 is 43.2 Å². The van der Waals surface area contributed by atoms with E-state index in [1.54, 1.807) is 54.5 Å². The van der Waals surface area contributed by atoms with Gasteiger partial charge in [0.2, 0.25) is 0 Å². The van der Waals surface area contributed by atoms with Gasteiger partial charge in [-0.3, -0.25) is 14.4 Å². The summed E-state index contributed by atoms with van der Waals surface area (Å²) in [4.78, 5) is 49.1. The lowest BCUT2D eigenvalue weighted by molar-refractivity contribution is -0.145. The Kier molecular flexibility index (Phi) is 11.8. The summed E-state index contributed by atoms with van der Waals surface area (Å²) >= 11 is 0. The number of carboxylic acids is 1. The van der Waals surface area contributed by atoms with Crippen molar-refractivity contribution in [2.45, 2.75) is 80.7 Å². The Hall–Kier alpha value is -3.14. The monoisotopic (exact) mass is 537 g/mol. The minimum absolute atomic E-state index is 0.00597. The fraction of sp³-hybridized carbons (Fsp3) is 0.643. The van der Waals surface area contributed by atoms with Gasteiger partial charge in [0, 0.05) is 5.92 Å². The third-order valence-electron chi connectivity index (χ3n) is 5.91. The molecule has 0 bridgehead atoms. The van der Waals surface area contributed by atoms with Crippen molar-refractivity contribution in [1.82, 2.24) is 0 Å². The zero-order valence-electron chi connectivity index (χ0n) is 24.0. The standard InChI is InChI=1S/C28H43NO9/c1-10-16(2)14-35-26(34)36-15-17(3)21(22(29)23(30)31)18-11-12-19(37-24(32)27(4,5)6)20(13-18)38-25(33)28(7,8)9/h11-13,16-17,21-22H,10,14-15,29H2,1-9H3,(H,30,31)/t16?,17?,21?,22-/m0/s1. The molecule has 3 unspecified atom stereocenters. The van der Waals surface area contributed by atoms with Gasteiger partial charge in [-0.05, 0) is 71.1 Å². The average Bonchev–Trinajstić information content (AvgIpc) is 2.81. The summed E-state index contributed by atoms with van der Waals surface area (Å²) in [5.41, 5.74) is 4.76. The predicted molar refractivity (Wildman–Crippen MR) is 141 cm³/mol. The highest BCUT2D eigenvalue weighted by Crippen LogP contribution is 2.37. The molecule has 3 N–H and O–H groups in total. The number of carbonyl (C=O) groups excluding carboxylic acids is 3. The van der Waals surface area contributed by atoms with E-state index in [2.05, 4.69) is 0 Å². The summed E-state index contributed by atoms with van der Waals surface area (Å²) in [5, 5.41) is 9.68. The Morgan fingerprint density at radius 2 is 1.37 bits per heavy atom. The normalized spacial score (nSPS) is 15.0. The van der Waals surface area contributed by atoms with Crippen LogP contribution in [-0.2, 0) is 23.9 Å². The van der Waals surface area contributed by atoms with E-state index in [0.717, 1.165) is 6.42 Å². The van der Waals surface area contributed by atoms with Gasteiger partial charge >= 0.3 is 24.1 Å². The highest BCUT2D eigenvalue weighted by atomic mass is 16.7. The second-order valence-corrected chi connectivity index (χ2v) is 11.7. The van der Waals surface area contributed by atoms with Crippen molar-refractivity contribution in [2.75, 3.05) is 13.2 Å². The van der Waals surface area contributed by atoms with E-state index in [4.69, 9.17) is 24.7 Å². The largest absolute Gasteiger partial charge is 0.508 e. The minimum Gasteiger partial charge on any atom is -0.480 e. The maximum absolute atomic E-state index is 12.7. The van der Waals surface area contributed by atoms with Gasteiger partial charge in [0.15, 0.2) is 11.5 Å². The summed E-state index contributed by atoms with van der Waals surface area (Å²) in [7, 11) is 0. The number of ether oxygens (including phenoxy) is 4. The van der Waals surface area contributed by atoms with Crippen LogP contribution in [0.3, 0.4) is 0 Å². The van der Waals surface area contributed by atoms with Crippen LogP contribution >= 0.6 is 0 Å². The van der Waals surface area contributed by atoms with Gasteiger partial charge in [0.25, 0.3) is 0 Å². The number of benzene rings is 1. The number of carboxylic acid groups (broad SMARTS) is 1. The van der Waals surface area contributed by atoms with Crippen LogP contribution in [0.15, 0.2) is 18.2 Å². The molecule has 0 aliphatic carbocycles. The molecule has 0 saturated carbocycles. The molecule has 0 spiro atoms. The zero-order valence-corrected chi connectivity index (χ0v) is 24.0. The fourth-order valence-electron chi connectivity index (χ4n) is 3.12. The summed E-state index contributed by atoms with van der Waals surface area (Å²) in [6.45, 7) is 15.7. The molecule has 0 amide bonds. The first kappa shape index (κ1) is 32.9. The first-order valence-electron chi connectivity index (χ1n) is 12.7. The van der Waals surface area contributed by atoms with Crippen LogP contribution in [0.1, 0.15) is 80.2 Å². The SMILES string of the molecule is CCC(C)COC(=O)OCC(C)C(c1ccc(OC(=O)C(C)(C)C)c(OC(=O)C(C)(C)C)c1)[C@H](N)C(=O)O. The van der Waals surface area contributed by atoms with Gasteiger partial charge in [-0.2, -0.15) is 0 Å². The van der Waals surface area contributed by atoms with Crippen LogP contribution in [0.4, 0.5) is 4.79 Å². The first-order chi connectivity index (χ1) is 17.4.